The third-order valence-electron chi connectivity index (χ3n) is 3.41. The van der Waals surface area contributed by atoms with Gasteiger partial charge >= 0.3 is 0 Å². The third-order valence-corrected chi connectivity index (χ3v) is 4.52. The quantitative estimate of drug-likeness (QED) is 0.616. The van der Waals surface area contributed by atoms with Crippen molar-refractivity contribution in [3.63, 3.8) is 0 Å². The van der Waals surface area contributed by atoms with Crippen LogP contribution in [0.1, 0.15) is 5.56 Å². The molecule has 0 saturated heterocycles. The van der Waals surface area contributed by atoms with Crippen LogP contribution in [0.3, 0.4) is 0 Å². The van der Waals surface area contributed by atoms with Crippen molar-refractivity contribution in [3.05, 3.63) is 58.8 Å². The minimum Gasteiger partial charge on any atom is -0.378 e. The van der Waals surface area contributed by atoms with E-state index in [1.54, 1.807) is 11.3 Å². The molecule has 104 valence electrons. The highest BCUT2D eigenvalue weighted by Gasteiger charge is 2.10. The Morgan fingerprint density at radius 2 is 2.19 bits per heavy atom. The molecule has 0 aliphatic heterocycles. The number of anilines is 1. The van der Waals surface area contributed by atoms with E-state index in [0.717, 1.165) is 27.0 Å². The lowest BCUT2D eigenvalue weighted by atomic mass is 10.2. The number of thiazole rings is 1. The maximum Gasteiger partial charge on any atom is 0.106 e. The fourth-order valence-corrected chi connectivity index (χ4v) is 3.29. The van der Waals surface area contributed by atoms with Gasteiger partial charge in [0.15, 0.2) is 0 Å². The monoisotopic (exact) mass is 314 g/mol. The van der Waals surface area contributed by atoms with Gasteiger partial charge in [-0.3, -0.25) is 0 Å². The van der Waals surface area contributed by atoms with Gasteiger partial charge in [0.25, 0.3) is 0 Å². The average molecular weight is 315 g/mol. The van der Waals surface area contributed by atoms with Crippen LogP contribution in [0, 0.1) is 0 Å². The smallest absolute Gasteiger partial charge is 0.106 e. The van der Waals surface area contributed by atoms with Crippen LogP contribution in [0.2, 0.25) is 5.02 Å². The van der Waals surface area contributed by atoms with Crippen LogP contribution in [0.15, 0.2) is 48.2 Å². The molecule has 4 nitrogen and oxygen atoms in total. The van der Waals surface area contributed by atoms with E-state index in [0.29, 0.717) is 11.6 Å². The number of benzene rings is 1. The van der Waals surface area contributed by atoms with Crippen molar-refractivity contribution in [3.8, 4) is 0 Å². The Hall–Kier alpha value is -2.11. The SMILES string of the molecule is Clc1ccc2scnc2c1NCc1cnn2ccccc12. The Labute approximate surface area is 130 Å². The molecule has 3 aromatic heterocycles. The predicted octanol–water partition coefficient (Wildman–Crippen LogP) is 4.21. The molecular formula is C15H11ClN4S. The summed E-state index contributed by atoms with van der Waals surface area (Å²) in [4.78, 5) is 4.39. The lowest BCUT2D eigenvalue weighted by Crippen LogP contribution is -2.00. The van der Waals surface area contributed by atoms with Crippen molar-refractivity contribution < 1.29 is 0 Å². The minimum absolute atomic E-state index is 0.657. The van der Waals surface area contributed by atoms with Gasteiger partial charge in [-0.05, 0) is 24.3 Å². The molecule has 0 unspecified atom stereocenters. The topological polar surface area (TPSA) is 42.2 Å². The first-order chi connectivity index (χ1) is 10.3. The van der Waals surface area contributed by atoms with Crippen LogP contribution in [-0.2, 0) is 6.54 Å². The van der Waals surface area contributed by atoms with Gasteiger partial charge in [0, 0.05) is 18.3 Å². The maximum absolute atomic E-state index is 6.30. The predicted molar refractivity (Wildman–Crippen MR) is 87.1 cm³/mol. The Kier molecular flexibility index (Phi) is 3.02. The summed E-state index contributed by atoms with van der Waals surface area (Å²) in [5.41, 5.74) is 5.85. The van der Waals surface area contributed by atoms with Crippen LogP contribution in [0.4, 0.5) is 5.69 Å². The van der Waals surface area contributed by atoms with Crippen LogP contribution in [0.25, 0.3) is 15.7 Å². The minimum atomic E-state index is 0.657. The molecule has 3 heterocycles. The molecular weight excluding hydrogens is 304 g/mol. The standard InChI is InChI=1S/C15H11ClN4S/c16-11-4-5-13-15(18-9-21-13)14(11)17-7-10-8-19-20-6-2-1-3-12(10)20/h1-6,8-9,17H,7H2. The fourth-order valence-electron chi connectivity index (χ4n) is 2.38. The van der Waals surface area contributed by atoms with Crippen molar-refractivity contribution in [2.75, 3.05) is 5.32 Å². The summed E-state index contributed by atoms with van der Waals surface area (Å²) in [6, 6.07) is 9.92. The second kappa shape index (κ2) is 5.02. The van der Waals surface area contributed by atoms with E-state index in [2.05, 4.69) is 21.5 Å². The fraction of sp³-hybridized carbons (Fsp3) is 0.0667. The zero-order valence-corrected chi connectivity index (χ0v) is 12.5. The number of nitrogens with one attached hydrogen (secondary N) is 1. The van der Waals surface area contributed by atoms with Crippen LogP contribution < -0.4 is 5.32 Å². The number of halogens is 1. The summed E-state index contributed by atoms with van der Waals surface area (Å²) in [7, 11) is 0. The molecule has 0 spiro atoms. The number of fused-ring (bicyclic) bond motifs is 2. The van der Waals surface area contributed by atoms with Gasteiger partial charge in [-0.1, -0.05) is 17.7 Å². The Balaban J connectivity index is 1.69. The second-order valence-corrected chi connectivity index (χ2v) is 5.97. The molecule has 0 aliphatic carbocycles. The van der Waals surface area contributed by atoms with E-state index >= 15 is 0 Å². The van der Waals surface area contributed by atoms with Crippen molar-refractivity contribution in [2.45, 2.75) is 6.54 Å². The van der Waals surface area contributed by atoms with Crippen LogP contribution >= 0.6 is 22.9 Å². The van der Waals surface area contributed by atoms with Crippen molar-refractivity contribution in [1.82, 2.24) is 14.6 Å². The third kappa shape index (κ3) is 2.14. The highest BCUT2D eigenvalue weighted by molar-refractivity contribution is 7.16. The zero-order valence-electron chi connectivity index (χ0n) is 11.0. The van der Waals surface area contributed by atoms with E-state index in [1.807, 2.05) is 46.7 Å². The second-order valence-electron chi connectivity index (χ2n) is 4.68. The molecule has 1 N–H and O–H groups in total. The van der Waals surface area contributed by atoms with E-state index in [1.165, 1.54) is 0 Å². The Bertz CT molecular complexity index is 928. The zero-order chi connectivity index (χ0) is 14.2. The number of hydrogen-bond acceptors (Lipinski definition) is 4. The first-order valence-electron chi connectivity index (χ1n) is 6.50. The molecule has 6 heteroatoms. The molecule has 0 fully saturated rings. The lowest BCUT2D eigenvalue weighted by Gasteiger charge is -2.08. The molecule has 0 aliphatic rings. The van der Waals surface area contributed by atoms with Gasteiger partial charge < -0.3 is 5.32 Å². The van der Waals surface area contributed by atoms with E-state index in [-0.39, 0.29) is 0 Å². The molecule has 0 bridgehead atoms. The highest BCUT2D eigenvalue weighted by atomic mass is 35.5. The Morgan fingerprint density at radius 3 is 3.14 bits per heavy atom. The summed E-state index contributed by atoms with van der Waals surface area (Å²) >= 11 is 7.91. The van der Waals surface area contributed by atoms with Crippen molar-refractivity contribution >= 4 is 44.4 Å². The van der Waals surface area contributed by atoms with E-state index in [9.17, 15) is 0 Å². The van der Waals surface area contributed by atoms with Gasteiger partial charge in [0.1, 0.15) is 5.52 Å². The maximum atomic E-state index is 6.30. The van der Waals surface area contributed by atoms with Gasteiger partial charge in [-0.15, -0.1) is 11.3 Å². The van der Waals surface area contributed by atoms with Gasteiger partial charge in [0.05, 0.1) is 32.6 Å². The molecule has 0 saturated carbocycles. The number of hydrogen-bond donors (Lipinski definition) is 1. The summed E-state index contributed by atoms with van der Waals surface area (Å²) in [6.45, 7) is 0.657. The summed E-state index contributed by atoms with van der Waals surface area (Å²) < 4.78 is 2.99. The molecule has 21 heavy (non-hydrogen) atoms. The van der Waals surface area contributed by atoms with Gasteiger partial charge in [0.2, 0.25) is 0 Å². The first-order valence-corrected chi connectivity index (χ1v) is 7.75. The molecule has 0 radical (unpaired) electrons. The molecule has 1 aromatic carbocycles. The largest absolute Gasteiger partial charge is 0.378 e. The van der Waals surface area contributed by atoms with Crippen molar-refractivity contribution in [1.29, 1.82) is 0 Å². The van der Waals surface area contributed by atoms with E-state index < -0.39 is 0 Å². The lowest BCUT2D eigenvalue weighted by molar-refractivity contribution is 0.961. The summed E-state index contributed by atoms with van der Waals surface area (Å²) in [6.07, 6.45) is 3.81. The molecule has 0 amide bonds. The van der Waals surface area contributed by atoms with Gasteiger partial charge in [-0.25, -0.2) is 9.50 Å². The van der Waals surface area contributed by atoms with Crippen LogP contribution in [0.5, 0.6) is 0 Å². The normalized spacial score (nSPS) is 11.3. The average Bonchev–Trinajstić information content (AvgIpc) is 3.13. The molecule has 4 aromatic rings. The van der Waals surface area contributed by atoms with Gasteiger partial charge in [-0.2, -0.15) is 5.10 Å². The Morgan fingerprint density at radius 1 is 1.24 bits per heavy atom. The first kappa shape index (κ1) is 12.6. The summed E-state index contributed by atoms with van der Waals surface area (Å²) in [5, 5.41) is 8.42. The number of rotatable bonds is 3. The highest BCUT2D eigenvalue weighted by Crippen LogP contribution is 2.32. The molecule has 0 atom stereocenters. The summed E-state index contributed by atoms with van der Waals surface area (Å²) in [5.74, 6) is 0. The van der Waals surface area contributed by atoms with Crippen molar-refractivity contribution in [2.24, 2.45) is 0 Å². The van der Waals surface area contributed by atoms with Crippen LogP contribution in [-0.4, -0.2) is 14.6 Å². The number of pyridine rings is 1. The number of nitrogens with zero attached hydrogens (tertiary/aromatic N) is 3. The number of aromatic nitrogens is 3. The van der Waals surface area contributed by atoms with E-state index in [4.69, 9.17) is 11.6 Å². The molecule has 4 rings (SSSR count).